The van der Waals surface area contributed by atoms with E-state index in [2.05, 4.69) is 6.58 Å². The number of carbonyl (C=O) groups excluding carboxylic acids is 1. The molecule has 0 bridgehead atoms. The lowest BCUT2D eigenvalue weighted by molar-refractivity contribution is -0.213. The lowest BCUT2D eigenvalue weighted by Crippen LogP contribution is -2.41. The van der Waals surface area contributed by atoms with Gasteiger partial charge >= 0.3 is 5.97 Å². The second-order valence-electron chi connectivity index (χ2n) is 7.69. The van der Waals surface area contributed by atoms with Crippen LogP contribution in [0.15, 0.2) is 12.2 Å². The van der Waals surface area contributed by atoms with Gasteiger partial charge in [-0.2, -0.15) is 0 Å². The monoisotopic (exact) mass is 372 g/mol. The van der Waals surface area contributed by atoms with Gasteiger partial charge in [-0.3, -0.25) is 0 Å². The molecule has 3 rings (SSSR count). The number of esters is 1. The van der Waals surface area contributed by atoms with E-state index in [1.165, 1.54) is 0 Å². The summed E-state index contributed by atoms with van der Waals surface area (Å²) in [4.78, 5) is 11.9. The minimum Gasteiger partial charge on any atom is -0.463 e. The molecular weight excluding hydrogens is 344 g/mol. The van der Waals surface area contributed by atoms with Gasteiger partial charge in [0, 0.05) is 0 Å². The van der Waals surface area contributed by atoms with Gasteiger partial charge in [-0.05, 0) is 34.6 Å². The zero-order valence-corrected chi connectivity index (χ0v) is 15.9. The van der Waals surface area contributed by atoms with Crippen molar-refractivity contribution in [3.05, 3.63) is 12.2 Å². The van der Waals surface area contributed by atoms with E-state index in [-0.39, 0.29) is 18.3 Å². The quantitative estimate of drug-likeness (QED) is 0.562. The van der Waals surface area contributed by atoms with Gasteiger partial charge in [0.25, 0.3) is 0 Å². The molecule has 0 spiro atoms. The molecule has 0 aromatic heterocycles. The van der Waals surface area contributed by atoms with Gasteiger partial charge in [0.1, 0.15) is 36.6 Å². The van der Waals surface area contributed by atoms with Crippen LogP contribution in [0.2, 0.25) is 0 Å². The first kappa shape index (κ1) is 19.7. The fraction of sp³-hybridized carbons (Fsp3) is 0.833. The summed E-state index contributed by atoms with van der Waals surface area (Å²) in [6, 6.07) is 0. The number of aliphatic hydroxyl groups excluding tert-OH is 1. The van der Waals surface area contributed by atoms with Gasteiger partial charge in [0.05, 0.1) is 18.8 Å². The topological polar surface area (TPSA) is 92.7 Å². The van der Waals surface area contributed by atoms with Crippen LogP contribution in [0.25, 0.3) is 0 Å². The van der Waals surface area contributed by atoms with Crippen LogP contribution < -0.4 is 0 Å². The molecule has 26 heavy (non-hydrogen) atoms. The van der Waals surface area contributed by atoms with E-state index in [4.69, 9.17) is 28.4 Å². The van der Waals surface area contributed by atoms with E-state index in [1.54, 1.807) is 20.8 Å². The molecule has 0 aliphatic carbocycles. The minimum atomic E-state index is -1.28. The second-order valence-corrected chi connectivity index (χ2v) is 7.69. The largest absolute Gasteiger partial charge is 0.463 e. The third kappa shape index (κ3) is 3.67. The number of fused-ring (bicyclic) bond motifs is 1. The maximum Gasteiger partial charge on any atom is 0.336 e. The molecule has 0 amide bonds. The van der Waals surface area contributed by atoms with Crippen molar-refractivity contribution in [3.8, 4) is 0 Å². The molecule has 3 aliphatic heterocycles. The van der Waals surface area contributed by atoms with Crippen molar-refractivity contribution >= 4 is 5.97 Å². The molecule has 1 unspecified atom stereocenters. The number of hydrogen-bond acceptors (Lipinski definition) is 8. The molecule has 0 aromatic carbocycles. The molecule has 1 N–H and O–H groups in total. The summed E-state index contributed by atoms with van der Waals surface area (Å²) in [6.45, 7) is 13.1. The fourth-order valence-corrected chi connectivity index (χ4v) is 3.64. The summed E-state index contributed by atoms with van der Waals surface area (Å²) >= 11 is 0. The molecular formula is C18H28O8. The van der Waals surface area contributed by atoms with Crippen molar-refractivity contribution in [2.75, 3.05) is 13.2 Å². The summed E-state index contributed by atoms with van der Waals surface area (Å²) in [6.07, 6.45) is -4.00. The van der Waals surface area contributed by atoms with Crippen LogP contribution in [0.4, 0.5) is 0 Å². The number of ether oxygens (including phenoxy) is 6. The van der Waals surface area contributed by atoms with Crippen molar-refractivity contribution in [2.24, 2.45) is 0 Å². The molecule has 3 saturated heterocycles. The Morgan fingerprint density at radius 1 is 1.15 bits per heavy atom. The highest BCUT2D eigenvalue weighted by molar-refractivity contribution is 5.89. The highest BCUT2D eigenvalue weighted by Gasteiger charge is 2.60. The highest BCUT2D eigenvalue weighted by Crippen LogP contribution is 2.43. The molecule has 148 valence electrons. The normalized spacial score (nSPS) is 38.8. The number of hydrogen-bond donors (Lipinski definition) is 1. The number of aliphatic hydroxyl groups is 1. The molecule has 3 fully saturated rings. The lowest BCUT2D eigenvalue weighted by Gasteiger charge is -2.28. The maximum atomic E-state index is 11.9. The van der Waals surface area contributed by atoms with Crippen LogP contribution in [-0.2, 0) is 33.2 Å². The van der Waals surface area contributed by atoms with Crippen molar-refractivity contribution in [1.82, 2.24) is 0 Å². The Morgan fingerprint density at radius 3 is 2.38 bits per heavy atom. The Morgan fingerprint density at radius 2 is 1.81 bits per heavy atom. The molecule has 6 atom stereocenters. The highest BCUT2D eigenvalue weighted by atomic mass is 16.8. The molecule has 0 saturated carbocycles. The van der Waals surface area contributed by atoms with Gasteiger partial charge in [-0.15, -0.1) is 0 Å². The predicted molar refractivity (Wildman–Crippen MR) is 89.2 cm³/mol. The molecule has 0 aromatic rings. The van der Waals surface area contributed by atoms with E-state index in [1.807, 2.05) is 13.8 Å². The minimum absolute atomic E-state index is 0.0755. The third-order valence-corrected chi connectivity index (χ3v) is 4.73. The summed E-state index contributed by atoms with van der Waals surface area (Å²) in [5.74, 6) is -2.22. The average molecular weight is 372 g/mol. The SMILES string of the molecule is C=C(C(=O)OCC)C(O)[C@H]1O[C@H]([C@H]2COC(C)(C)O2)[C@@H]2OC(C)(C)O[C@@H]21. The Kier molecular flexibility index (Phi) is 5.20. The fourth-order valence-electron chi connectivity index (χ4n) is 3.64. The lowest BCUT2D eigenvalue weighted by atomic mass is 9.98. The van der Waals surface area contributed by atoms with Crippen molar-refractivity contribution in [2.45, 2.75) is 82.8 Å². The van der Waals surface area contributed by atoms with Crippen LogP contribution in [-0.4, -0.2) is 72.5 Å². The first-order valence-electron chi connectivity index (χ1n) is 8.91. The van der Waals surface area contributed by atoms with Crippen LogP contribution in [0.3, 0.4) is 0 Å². The van der Waals surface area contributed by atoms with Crippen LogP contribution in [0, 0.1) is 0 Å². The van der Waals surface area contributed by atoms with E-state index < -0.39 is 48.1 Å². The van der Waals surface area contributed by atoms with E-state index in [0.717, 1.165) is 0 Å². The molecule has 3 heterocycles. The van der Waals surface area contributed by atoms with E-state index in [0.29, 0.717) is 6.61 Å². The van der Waals surface area contributed by atoms with Gasteiger partial charge in [-0.1, -0.05) is 6.58 Å². The van der Waals surface area contributed by atoms with Crippen LogP contribution in [0.1, 0.15) is 34.6 Å². The first-order chi connectivity index (χ1) is 12.0. The van der Waals surface area contributed by atoms with Crippen LogP contribution >= 0.6 is 0 Å². The first-order valence-corrected chi connectivity index (χ1v) is 8.91. The number of carbonyl (C=O) groups is 1. The smallest absolute Gasteiger partial charge is 0.336 e. The standard InChI is InChI=1S/C18H28O8/c1-7-21-16(20)9(2)11(19)13-15-14(25-18(5,6)26-15)12(23-13)10-8-22-17(3,4)24-10/h10-15,19H,2,7-8H2,1,3-6H3/t10-,11?,12-,13-,14+,15-/m1/s1. The molecule has 0 radical (unpaired) electrons. The molecule has 3 aliphatic rings. The molecule has 8 nitrogen and oxygen atoms in total. The predicted octanol–water partition coefficient (Wildman–Crippen LogP) is 0.906. The summed E-state index contributed by atoms with van der Waals surface area (Å²) in [5, 5.41) is 10.7. The van der Waals surface area contributed by atoms with Crippen molar-refractivity contribution in [3.63, 3.8) is 0 Å². The van der Waals surface area contributed by atoms with Gasteiger partial charge in [0.2, 0.25) is 0 Å². The zero-order valence-electron chi connectivity index (χ0n) is 15.9. The van der Waals surface area contributed by atoms with Gasteiger partial charge in [-0.25, -0.2) is 4.79 Å². The number of rotatable bonds is 5. The molecule has 8 heteroatoms. The van der Waals surface area contributed by atoms with E-state index in [9.17, 15) is 9.90 Å². The average Bonchev–Trinajstić information content (AvgIpc) is 3.15. The van der Waals surface area contributed by atoms with Crippen molar-refractivity contribution in [1.29, 1.82) is 0 Å². The second kappa shape index (κ2) is 6.85. The van der Waals surface area contributed by atoms with E-state index >= 15 is 0 Å². The maximum absolute atomic E-state index is 11.9. The Hall–Kier alpha value is -1.03. The van der Waals surface area contributed by atoms with Gasteiger partial charge in [0.15, 0.2) is 11.6 Å². The Balaban J connectivity index is 1.79. The summed E-state index contributed by atoms with van der Waals surface area (Å²) < 4.78 is 34.4. The third-order valence-electron chi connectivity index (χ3n) is 4.73. The summed E-state index contributed by atoms with van der Waals surface area (Å²) in [5.41, 5.74) is -0.0755. The van der Waals surface area contributed by atoms with Crippen LogP contribution in [0.5, 0.6) is 0 Å². The Labute approximate surface area is 153 Å². The zero-order chi connectivity index (χ0) is 19.3. The van der Waals surface area contributed by atoms with Gasteiger partial charge < -0.3 is 33.5 Å². The Bertz CT molecular complexity index is 572. The van der Waals surface area contributed by atoms with Crippen molar-refractivity contribution < 1.29 is 38.3 Å². The summed E-state index contributed by atoms with van der Waals surface area (Å²) in [7, 11) is 0.